The molecule has 0 spiro atoms. The van der Waals surface area contributed by atoms with Gasteiger partial charge < -0.3 is 39.0 Å². The number of ether oxygens (including phenoxy) is 5. The van der Waals surface area contributed by atoms with Crippen LogP contribution in [0.1, 0.15) is 290 Å². The van der Waals surface area contributed by atoms with Crippen molar-refractivity contribution in [1.29, 1.82) is 0 Å². The van der Waals surface area contributed by atoms with E-state index in [1.807, 2.05) is 0 Å². The molecule has 0 aromatic heterocycles. The Hall–Kier alpha value is -3.06. The summed E-state index contributed by atoms with van der Waals surface area (Å²) in [6.45, 7) is 5.97. The average molecular weight is 1060 g/mol. The number of esters is 3. The highest BCUT2D eigenvalue weighted by molar-refractivity contribution is 5.74. The molecule has 0 aromatic rings. The monoisotopic (exact) mass is 1060 g/mol. The number of aliphatic hydroxyl groups excluding tert-OH is 2. The van der Waals surface area contributed by atoms with E-state index in [4.69, 9.17) is 23.7 Å². The number of hydrogen-bond donors (Lipinski definition) is 3. The van der Waals surface area contributed by atoms with Gasteiger partial charge in [0.1, 0.15) is 18.8 Å². The van der Waals surface area contributed by atoms with Gasteiger partial charge in [0.15, 0.2) is 24.6 Å². The van der Waals surface area contributed by atoms with E-state index in [1.54, 1.807) is 0 Å². The second-order valence-corrected chi connectivity index (χ2v) is 21.3. The number of rotatable bonds is 53. The van der Waals surface area contributed by atoms with Crippen molar-refractivity contribution >= 4 is 23.9 Å². The van der Waals surface area contributed by atoms with E-state index in [0.717, 1.165) is 103 Å². The molecule has 1 aliphatic rings. The normalized spacial score (nSPS) is 18.3. The lowest BCUT2D eigenvalue weighted by molar-refractivity contribution is -0.301. The zero-order valence-corrected chi connectivity index (χ0v) is 48.1. The zero-order valence-electron chi connectivity index (χ0n) is 48.1. The summed E-state index contributed by atoms with van der Waals surface area (Å²) in [5, 5.41) is 31.5. The lowest BCUT2D eigenvalue weighted by Gasteiger charge is -2.40. The van der Waals surface area contributed by atoms with Crippen molar-refractivity contribution in [2.75, 3.05) is 13.2 Å². The first-order chi connectivity index (χ1) is 36.6. The van der Waals surface area contributed by atoms with Gasteiger partial charge in [-0.2, -0.15) is 0 Å². The number of carbonyl (C=O) groups excluding carboxylic acids is 3. The van der Waals surface area contributed by atoms with Crippen LogP contribution in [-0.2, 0) is 42.9 Å². The molecule has 436 valence electrons. The number of allylic oxidation sites excluding steroid dienone is 6. The molecule has 0 saturated carbocycles. The van der Waals surface area contributed by atoms with Crippen molar-refractivity contribution in [3.8, 4) is 0 Å². The Bertz CT molecular complexity index is 1450. The first-order valence-corrected chi connectivity index (χ1v) is 31.0. The molecule has 1 aliphatic heterocycles. The van der Waals surface area contributed by atoms with Gasteiger partial charge in [0, 0.05) is 19.3 Å². The first kappa shape index (κ1) is 70.0. The molecule has 12 nitrogen and oxygen atoms in total. The van der Waals surface area contributed by atoms with Gasteiger partial charge in [-0.1, -0.05) is 231 Å². The number of aliphatic hydroxyl groups is 2. The lowest BCUT2D eigenvalue weighted by Crippen LogP contribution is -2.61. The van der Waals surface area contributed by atoms with Gasteiger partial charge in [-0.3, -0.25) is 14.4 Å². The summed E-state index contributed by atoms with van der Waals surface area (Å²) in [6, 6.07) is 0. The lowest BCUT2D eigenvalue weighted by atomic mass is 9.98. The van der Waals surface area contributed by atoms with Crippen LogP contribution in [0.4, 0.5) is 0 Å². The first-order valence-electron chi connectivity index (χ1n) is 31.0. The predicted molar refractivity (Wildman–Crippen MR) is 303 cm³/mol. The van der Waals surface area contributed by atoms with Gasteiger partial charge in [0.2, 0.25) is 0 Å². The van der Waals surface area contributed by atoms with E-state index in [2.05, 4.69) is 57.2 Å². The van der Waals surface area contributed by atoms with Crippen molar-refractivity contribution in [3.05, 3.63) is 36.5 Å². The van der Waals surface area contributed by atoms with Gasteiger partial charge in [0.05, 0.1) is 6.61 Å². The molecule has 0 aliphatic carbocycles. The van der Waals surface area contributed by atoms with E-state index in [0.29, 0.717) is 19.3 Å². The standard InChI is InChI=1S/C63H112O12/c1-4-7-10-13-16-19-22-25-27-28-30-32-34-37-40-43-46-49-55(64)71-52-54(73-56(65)50-47-44-41-38-35-31-24-21-18-15-12-9-6-3)53-72-63-61(59(68)58(67)60(75-63)62(69)70)74-57(66)51-48-45-42-39-36-33-29-26-23-20-17-14-11-8-5-2/h16,19,21,24-25,27,54,58-61,63,67-68H,4-15,17-18,20,22-23,26,28-53H2,1-3H3,(H,69,70)/b19-16-,24-21-,27-25-. The fourth-order valence-corrected chi connectivity index (χ4v) is 9.39. The molecular formula is C63H112O12. The molecule has 0 amide bonds. The fraction of sp³-hybridized carbons (Fsp3) is 0.841. The number of hydrogen-bond acceptors (Lipinski definition) is 11. The topological polar surface area (TPSA) is 175 Å². The third-order valence-electron chi connectivity index (χ3n) is 14.2. The Kier molecular flexibility index (Phi) is 48.2. The molecular weight excluding hydrogens is 949 g/mol. The van der Waals surface area contributed by atoms with Gasteiger partial charge in [0.25, 0.3) is 0 Å². The van der Waals surface area contributed by atoms with Crippen molar-refractivity contribution in [2.24, 2.45) is 0 Å². The smallest absolute Gasteiger partial charge is 0.335 e. The van der Waals surface area contributed by atoms with Crippen LogP contribution in [0, 0.1) is 0 Å². The Labute approximate surface area is 457 Å². The number of carboxylic acid groups (broad SMARTS) is 1. The predicted octanol–water partition coefficient (Wildman–Crippen LogP) is 16.0. The summed E-state index contributed by atoms with van der Waals surface area (Å²) >= 11 is 0. The van der Waals surface area contributed by atoms with Crippen LogP contribution in [0.25, 0.3) is 0 Å². The van der Waals surface area contributed by atoms with E-state index in [9.17, 15) is 34.5 Å². The van der Waals surface area contributed by atoms with Crippen LogP contribution in [0.3, 0.4) is 0 Å². The number of carbonyl (C=O) groups is 4. The summed E-state index contributed by atoms with van der Waals surface area (Å²) in [4.78, 5) is 51.2. The molecule has 6 unspecified atom stereocenters. The summed E-state index contributed by atoms with van der Waals surface area (Å²) < 4.78 is 28.5. The molecule has 12 heteroatoms. The minimum atomic E-state index is -1.90. The maximum absolute atomic E-state index is 13.1. The van der Waals surface area contributed by atoms with Crippen LogP contribution in [0.15, 0.2) is 36.5 Å². The molecule has 1 rings (SSSR count). The van der Waals surface area contributed by atoms with E-state index < -0.39 is 67.3 Å². The highest BCUT2D eigenvalue weighted by Gasteiger charge is 2.50. The molecule has 6 atom stereocenters. The largest absolute Gasteiger partial charge is 0.479 e. The second kappa shape index (κ2) is 51.7. The van der Waals surface area contributed by atoms with Crippen molar-refractivity contribution in [1.82, 2.24) is 0 Å². The van der Waals surface area contributed by atoms with Gasteiger partial charge in [-0.25, -0.2) is 4.79 Å². The minimum Gasteiger partial charge on any atom is -0.479 e. The summed E-state index contributed by atoms with van der Waals surface area (Å²) in [5.41, 5.74) is 0. The third kappa shape index (κ3) is 41.7. The molecule has 3 N–H and O–H groups in total. The maximum Gasteiger partial charge on any atom is 0.335 e. The van der Waals surface area contributed by atoms with Crippen LogP contribution in [-0.4, -0.2) is 89.2 Å². The van der Waals surface area contributed by atoms with Crippen LogP contribution in [0.5, 0.6) is 0 Å². The Morgan fingerprint density at radius 2 is 0.800 bits per heavy atom. The molecule has 0 bridgehead atoms. The minimum absolute atomic E-state index is 0.0641. The van der Waals surface area contributed by atoms with Crippen LogP contribution >= 0.6 is 0 Å². The van der Waals surface area contributed by atoms with Crippen LogP contribution in [0.2, 0.25) is 0 Å². The molecule has 75 heavy (non-hydrogen) atoms. The number of carboxylic acids is 1. The quantitative estimate of drug-likeness (QED) is 0.0228. The molecule has 1 saturated heterocycles. The van der Waals surface area contributed by atoms with Gasteiger partial charge in [-0.05, 0) is 77.0 Å². The highest BCUT2D eigenvalue weighted by atomic mass is 16.7. The van der Waals surface area contributed by atoms with E-state index in [1.165, 1.54) is 128 Å². The van der Waals surface area contributed by atoms with Crippen molar-refractivity contribution < 1.29 is 58.2 Å². The van der Waals surface area contributed by atoms with Crippen molar-refractivity contribution in [2.45, 2.75) is 327 Å². The number of unbranched alkanes of at least 4 members (excludes halogenated alkanes) is 33. The van der Waals surface area contributed by atoms with E-state index in [-0.39, 0.29) is 25.9 Å². The number of aliphatic carboxylic acids is 1. The summed E-state index contributed by atoms with van der Waals surface area (Å²) in [5.74, 6) is -3.11. The average Bonchev–Trinajstić information content (AvgIpc) is 3.39. The molecule has 1 fully saturated rings. The molecule has 1 heterocycles. The fourth-order valence-electron chi connectivity index (χ4n) is 9.39. The maximum atomic E-state index is 13.1. The Morgan fingerprint density at radius 3 is 1.25 bits per heavy atom. The van der Waals surface area contributed by atoms with Gasteiger partial charge in [-0.15, -0.1) is 0 Å². The zero-order chi connectivity index (χ0) is 54.7. The molecule has 0 radical (unpaired) electrons. The Morgan fingerprint density at radius 1 is 0.440 bits per heavy atom. The second-order valence-electron chi connectivity index (χ2n) is 21.3. The van der Waals surface area contributed by atoms with Gasteiger partial charge >= 0.3 is 23.9 Å². The Balaban J connectivity index is 2.67. The highest BCUT2D eigenvalue weighted by Crippen LogP contribution is 2.27. The van der Waals surface area contributed by atoms with E-state index >= 15 is 0 Å². The van der Waals surface area contributed by atoms with Crippen LogP contribution < -0.4 is 0 Å². The third-order valence-corrected chi connectivity index (χ3v) is 14.2. The van der Waals surface area contributed by atoms with Crippen molar-refractivity contribution in [3.63, 3.8) is 0 Å². The molecule has 0 aromatic carbocycles. The summed E-state index contributed by atoms with van der Waals surface area (Å²) in [6.07, 6.45) is 48.2. The summed E-state index contributed by atoms with van der Waals surface area (Å²) in [7, 11) is 0. The SMILES string of the molecule is CCCCC/C=C\C/C=C\CCCCCCCCCC(=O)OCC(COC1OC(C(=O)O)C(O)C(O)C1OC(=O)CCCCCCCCCCCCCCCCC)OC(=O)CCCCCCC/C=C\CCCCCC.